The number of carbonyl (C=O) groups excluding carboxylic acids is 1. The van der Waals surface area contributed by atoms with Crippen LogP contribution in [-0.4, -0.2) is 18.5 Å². The largest absolute Gasteiger partial charge is 0.353 e. The van der Waals surface area contributed by atoms with E-state index in [-0.39, 0.29) is 36.1 Å². The van der Waals surface area contributed by atoms with Crippen LogP contribution in [0.2, 0.25) is 0 Å². The van der Waals surface area contributed by atoms with Crippen LogP contribution in [0.4, 0.5) is 4.39 Å². The maximum atomic E-state index is 13.2. The first kappa shape index (κ1) is 19.4. The lowest BCUT2D eigenvalue weighted by Gasteiger charge is -2.21. The van der Waals surface area contributed by atoms with Crippen LogP contribution in [0.1, 0.15) is 31.7 Å². The molecule has 3 nitrogen and oxygen atoms in total. The van der Waals surface area contributed by atoms with Gasteiger partial charge in [0.05, 0.1) is 4.47 Å². The molecule has 22 heavy (non-hydrogen) atoms. The van der Waals surface area contributed by atoms with Gasteiger partial charge in [0.2, 0.25) is 5.91 Å². The Hall–Kier alpha value is -0.650. The molecule has 1 saturated carbocycles. The van der Waals surface area contributed by atoms with Crippen molar-refractivity contribution in [3.63, 3.8) is 0 Å². The predicted molar refractivity (Wildman–Crippen MR) is 92.5 cm³/mol. The van der Waals surface area contributed by atoms with Crippen molar-refractivity contribution in [3.8, 4) is 0 Å². The summed E-state index contributed by atoms with van der Waals surface area (Å²) >= 11 is 3.18. The molecule has 0 saturated heterocycles. The first-order valence-corrected chi connectivity index (χ1v) is 8.25. The monoisotopic (exact) mass is 392 g/mol. The maximum absolute atomic E-state index is 13.2. The van der Waals surface area contributed by atoms with E-state index < -0.39 is 0 Å². The smallest absolute Gasteiger partial charge is 0.223 e. The summed E-state index contributed by atoms with van der Waals surface area (Å²) in [5.74, 6) is 0.207. The van der Waals surface area contributed by atoms with E-state index in [1.165, 1.54) is 6.07 Å². The summed E-state index contributed by atoms with van der Waals surface area (Å²) in [5, 5.41) is 3.07. The number of nitrogens with two attached hydrogens (primary N) is 1. The van der Waals surface area contributed by atoms with Crippen molar-refractivity contribution >= 4 is 34.2 Å². The molecule has 0 aliphatic heterocycles. The molecule has 1 aromatic rings. The highest BCUT2D eigenvalue weighted by Gasteiger charge is 2.32. The second kappa shape index (κ2) is 8.85. The van der Waals surface area contributed by atoms with Gasteiger partial charge in [-0.1, -0.05) is 12.5 Å². The highest BCUT2D eigenvalue weighted by atomic mass is 79.9. The van der Waals surface area contributed by atoms with Gasteiger partial charge in [-0.25, -0.2) is 4.39 Å². The zero-order valence-corrected chi connectivity index (χ0v) is 15.1. The second-order valence-electron chi connectivity index (χ2n) is 5.90. The summed E-state index contributed by atoms with van der Waals surface area (Å²) in [4.78, 5) is 12.3. The van der Waals surface area contributed by atoms with E-state index in [0.29, 0.717) is 23.4 Å². The van der Waals surface area contributed by atoms with E-state index in [2.05, 4.69) is 21.2 Å². The Morgan fingerprint density at radius 1 is 1.50 bits per heavy atom. The molecule has 0 bridgehead atoms. The first-order chi connectivity index (χ1) is 10.0. The minimum Gasteiger partial charge on any atom is -0.353 e. The van der Waals surface area contributed by atoms with Gasteiger partial charge in [-0.3, -0.25) is 4.79 Å². The van der Waals surface area contributed by atoms with E-state index in [1.807, 2.05) is 6.92 Å². The fraction of sp³-hybridized carbons (Fsp3) is 0.562. The average Bonchev–Trinajstić information content (AvgIpc) is 2.91. The molecule has 1 fully saturated rings. The van der Waals surface area contributed by atoms with Crippen molar-refractivity contribution < 1.29 is 9.18 Å². The number of hydrogen-bond acceptors (Lipinski definition) is 2. The number of amides is 1. The van der Waals surface area contributed by atoms with Gasteiger partial charge in [0.25, 0.3) is 0 Å². The highest BCUT2D eigenvalue weighted by molar-refractivity contribution is 9.10. The average molecular weight is 394 g/mol. The Labute approximate surface area is 145 Å². The van der Waals surface area contributed by atoms with Crippen LogP contribution >= 0.6 is 28.3 Å². The Kier molecular flexibility index (Phi) is 7.80. The van der Waals surface area contributed by atoms with Gasteiger partial charge in [-0.2, -0.15) is 0 Å². The van der Waals surface area contributed by atoms with Crippen molar-refractivity contribution in [2.45, 2.75) is 38.6 Å². The highest BCUT2D eigenvalue weighted by Crippen LogP contribution is 2.31. The lowest BCUT2D eigenvalue weighted by atomic mass is 9.95. The number of rotatable bonds is 5. The summed E-state index contributed by atoms with van der Waals surface area (Å²) in [6.07, 6.45) is 3.75. The van der Waals surface area contributed by atoms with Gasteiger partial charge in [-0.15, -0.1) is 12.4 Å². The number of halogens is 3. The van der Waals surface area contributed by atoms with E-state index in [4.69, 9.17) is 5.73 Å². The molecule has 6 heteroatoms. The predicted octanol–water partition coefficient (Wildman–Crippen LogP) is 3.43. The Balaban J connectivity index is 0.00000242. The van der Waals surface area contributed by atoms with E-state index in [0.717, 1.165) is 24.8 Å². The second-order valence-corrected chi connectivity index (χ2v) is 6.75. The van der Waals surface area contributed by atoms with E-state index in [9.17, 15) is 9.18 Å². The maximum Gasteiger partial charge on any atom is 0.223 e. The molecule has 0 heterocycles. The van der Waals surface area contributed by atoms with Crippen LogP contribution in [0.25, 0.3) is 0 Å². The Bertz CT molecular complexity index is 515. The van der Waals surface area contributed by atoms with Crippen molar-refractivity contribution in [3.05, 3.63) is 34.1 Å². The third-order valence-corrected chi connectivity index (χ3v) is 4.82. The van der Waals surface area contributed by atoms with Gasteiger partial charge in [0.1, 0.15) is 5.82 Å². The van der Waals surface area contributed by atoms with Gasteiger partial charge in [-0.05, 0) is 72.3 Å². The molecule has 1 amide bonds. The Morgan fingerprint density at radius 2 is 2.23 bits per heavy atom. The zero-order chi connectivity index (χ0) is 15.4. The molecule has 3 atom stereocenters. The van der Waals surface area contributed by atoms with E-state index in [1.54, 1.807) is 12.1 Å². The third kappa shape index (κ3) is 4.93. The lowest BCUT2D eigenvalue weighted by molar-refractivity contribution is -0.126. The van der Waals surface area contributed by atoms with Crippen LogP contribution in [0.3, 0.4) is 0 Å². The van der Waals surface area contributed by atoms with Crippen molar-refractivity contribution in [1.29, 1.82) is 0 Å². The Morgan fingerprint density at radius 3 is 2.86 bits per heavy atom. The summed E-state index contributed by atoms with van der Waals surface area (Å²) < 4.78 is 13.7. The van der Waals surface area contributed by atoms with Crippen LogP contribution in [0.5, 0.6) is 0 Å². The molecule has 3 N–H and O–H groups in total. The fourth-order valence-corrected chi connectivity index (χ4v) is 3.51. The summed E-state index contributed by atoms with van der Waals surface area (Å²) in [6.45, 7) is 2.55. The number of carbonyl (C=O) groups is 1. The standard InChI is InChI=1S/C16H22BrFN2O.ClH/c1-10(7-11-5-6-15(18)14(17)8-11)20-16(21)13-4-2-3-12(13)9-19;/h5-6,8,10,12-13H,2-4,7,9,19H2,1H3,(H,20,21);1H/t10?,12-,13-;/m1./s1. The van der Waals surface area contributed by atoms with Crippen molar-refractivity contribution in [2.24, 2.45) is 17.6 Å². The first-order valence-electron chi connectivity index (χ1n) is 7.45. The summed E-state index contributed by atoms with van der Waals surface area (Å²) in [7, 11) is 0. The zero-order valence-electron chi connectivity index (χ0n) is 12.6. The van der Waals surface area contributed by atoms with E-state index >= 15 is 0 Å². The molecule has 2 rings (SSSR count). The fourth-order valence-electron chi connectivity index (χ4n) is 3.09. The quantitative estimate of drug-likeness (QED) is 0.805. The molecule has 0 radical (unpaired) electrons. The topological polar surface area (TPSA) is 55.1 Å². The molecule has 1 aliphatic rings. The molecular formula is C16H23BrClFN2O. The van der Waals surface area contributed by atoms with Crippen LogP contribution in [0, 0.1) is 17.7 Å². The van der Waals surface area contributed by atoms with Gasteiger partial charge >= 0.3 is 0 Å². The minimum absolute atomic E-state index is 0. The minimum atomic E-state index is -0.271. The third-order valence-electron chi connectivity index (χ3n) is 4.21. The van der Waals surface area contributed by atoms with Crippen LogP contribution < -0.4 is 11.1 Å². The normalized spacial score (nSPS) is 22.0. The van der Waals surface area contributed by atoms with Gasteiger partial charge in [0, 0.05) is 12.0 Å². The number of benzene rings is 1. The van der Waals surface area contributed by atoms with Gasteiger partial charge < -0.3 is 11.1 Å². The molecule has 0 aromatic heterocycles. The van der Waals surface area contributed by atoms with Gasteiger partial charge in [0.15, 0.2) is 0 Å². The van der Waals surface area contributed by atoms with Crippen LogP contribution in [-0.2, 0) is 11.2 Å². The molecular weight excluding hydrogens is 371 g/mol. The SMILES string of the molecule is CC(Cc1ccc(F)c(Br)c1)NC(=O)[C@@H]1CCC[C@@H]1CN.Cl. The molecule has 0 spiro atoms. The van der Waals surface area contributed by atoms with Crippen molar-refractivity contribution in [2.75, 3.05) is 6.54 Å². The number of nitrogens with one attached hydrogen (secondary N) is 1. The van der Waals surface area contributed by atoms with Crippen molar-refractivity contribution in [1.82, 2.24) is 5.32 Å². The molecule has 1 aliphatic carbocycles. The number of hydrogen-bond donors (Lipinski definition) is 2. The van der Waals surface area contributed by atoms with Crippen LogP contribution in [0.15, 0.2) is 22.7 Å². The molecule has 1 unspecified atom stereocenters. The molecule has 124 valence electrons. The summed E-state index contributed by atoms with van der Waals surface area (Å²) in [5.41, 5.74) is 6.72. The summed E-state index contributed by atoms with van der Waals surface area (Å²) in [6, 6.07) is 4.97. The molecule has 1 aromatic carbocycles. The lowest BCUT2D eigenvalue weighted by Crippen LogP contribution is -2.40.